The molecule has 0 fully saturated rings. The molecular weight excluding hydrogens is 182 g/mol. The summed E-state index contributed by atoms with van der Waals surface area (Å²) < 4.78 is 0. The van der Waals surface area contributed by atoms with Crippen molar-refractivity contribution in [2.24, 2.45) is 0 Å². The first-order chi connectivity index (χ1) is 6.41. The number of halogens is 1. The molecule has 0 amide bonds. The van der Waals surface area contributed by atoms with Crippen LogP contribution in [-0.2, 0) is 0 Å². The number of alkyl halides is 1. The average molecular weight is 206 g/mol. The summed E-state index contributed by atoms with van der Waals surface area (Å²) in [5.41, 5.74) is 0. The number of hydrogen-bond acceptors (Lipinski definition) is 1. The van der Waals surface area contributed by atoms with E-state index in [-0.39, 0.29) is 0 Å². The predicted octanol–water partition coefficient (Wildman–Crippen LogP) is 3.57. The van der Waals surface area contributed by atoms with E-state index < -0.39 is 0 Å². The lowest BCUT2D eigenvalue weighted by Gasteiger charge is -2.03. The summed E-state index contributed by atoms with van der Waals surface area (Å²) in [6.45, 7) is 4.58. The quantitative estimate of drug-likeness (QED) is 0.425. The van der Waals surface area contributed by atoms with Crippen molar-refractivity contribution in [2.45, 2.75) is 51.9 Å². The van der Waals surface area contributed by atoms with Crippen LogP contribution >= 0.6 is 11.6 Å². The maximum atomic E-state index is 5.57. The van der Waals surface area contributed by atoms with Gasteiger partial charge in [0.25, 0.3) is 0 Å². The Kier molecular flexibility index (Phi) is 12.5. The number of unbranched alkanes of at least 4 members (excludes halogenated alkanes) is 5. The molecule has 0 aliphatic rings. The van der Waals surface area contributed by atoms with Gasteiger partial charge in [-0.2, -0.15) is 0 Å². The van der Waals surface area contributed by atoms with Gasteiger partial charge < -0.3 is 5.32 Å². The van der Waals surface area contributed by atoms with E-state index in [1.165, 1.54) is 45.1 Å². The lowest BCUT2D eigenvalue weighted by molar-refractivity contribution is 0.572. The van der Waals surface area contributed by atoms with Gasteiger partial charge in [-0.15, -0.1) is 11.6 Å². The third-order valence-corrected chi connectivity index (χ3v) is 2.46. The molecule has 13 heavy (non-hydrogen) atoms. The van der Waals surface area contributed by atoms with Crippen LogP contribution in [0, 0.1) is 0 Å². The van der Waals surface area contributed by atoms with Crippen molar-refractivity contribution in [3.05, 3.63) is 0 Å². The minimum Gasteiger partial charge on any atom is -0.317 e. The molecule has 80 valence electrons. The third-order valence-electron chi connectivity index (χ3n) is 2.19. The maximum Gasteiger partial charge on any atom is 0.0223 e. The molecule has 0 heterocycles. The second kappa shape index (κ2) is 12.2. The van der Waals surface area contributed by atoms with E-state index in [9.17, 15) is 0 Å². The Morgan fingerprint density at radius 2 is 1.46 bits per heavy atom. The van der Waals surface area contributed by atoms with Crippen molar-refractivity contribution in [1.29, 1.82) is 0 Å². The van der Waals surface area contributed by atoms with Crippen molar-refractivity contribution in [3.8, 4) is 0 Å². The van der Waals surface area contributed by atoms with E-state index in [2.05, 4.69) is 12.2 Å². The molecule has 0 aliphatic carbocycles. The van der Waals surface area contributed by atoms with Gasteiger partial charge in [-0.1, -0.05) is 32.6 Å². The fourth-order valence-corrected chi connectivity index (χ4v) is 1.51. The molecule has 0 spiro atoms. The van der Waals surface area contributed by atoms with Crippen LogP contribution in [0.3, 0.4) is 0 Å². The van der Waals surface area contributed by atoms with E-state index in [4.69, 9.17) is 11.6 Å². The van der Waals surface area contributed by atoms with Crippen LogP contribution in [0.1, 0.15) is 51.9 Å². The zero-order valence-electron chi connectivity index (χ0n) is 8.95. The zero-order chi connectivity index (χ0) is 9.78. The second-order valence-corrected chi connectivity index (χ2v) is 3.94. The summed E-state index contributed by atoms with van der Waals surface area (Å²) in [4.78, 5) is 0. The van der Waals surface area contributed by atoms with Crippen molar-refractivity contribution >= 4 is 11.6 Å². The molecule has 2 heteroatoms. The summed E-state index contributed by atoms with van der Waals surface area (Å²) in [5, 5.41) is 3.44. The largest absolute Gasteiger partial charge is 0.317 e. The summed E-state index contributed by atoms with van der Waals surface area (Å²) in [5.74, 6) is 0.804. The van der Waals surface area contributed by atoms with Crippen LogP contribution in [0.15, 0.2) is 0 Å². The Morgan fingerprint density at radius 3 is 2.08 bits per heavy atom. The molecule has 0 unspecified atom stereocenters. The first kappa shape index (κ1) is 13.2. The normalized spacial score (nSPS) is 10.6. The second-order valence-electron chi connectivity index (χ2n) is 3.56. The van der Waals surface area contributed by atoms with E-state index in [0.29, 0.717) is 0 Å². The standard InChI is InChI=1S/C11H24ClN/c1-2-3-4-5-7-10-13-11-8-6-9-12/h13H,2-11H2,1H3. The van der Waals surface area contributed by atoms with Gasteiger partial charge in [0.05, 0.1) is 0 Å². The van der Waals surface area contributed by atoms with Crippen molar-refractivity contribution in [3.63, 3.8) is 0 Å². The molecule has 0 rings (SSSR count). The topological polar surface area (TPSA) is 12.0 Å². The highest BCUT2D eigenvalue weighted by atomic mass is 35.5. The first-order valence-corrected chi connectivity index (χ1v) is 6.22. The van der Waals surface area contributed by atoms with Crippen molar-refractivity contribution < 1.29 is 0 Å². The average Bonchev–Trinajstić information content (AvgIpc) is 2.16. The molecule has 0 radical (unpaired) electrons. The summed E-state index contributed by atoms with van der Waals surface area (Å²) >= 11 is 5.57. The van der Waals surface area contributed by atoms with Crippen LogP contribution in [0.5, 0.6) is 0 Å². The Hall–Kier alpha value is 0.250. The molecule has 0 aromatic heterocycles. The zero-order valence-corrected chi connectivity index (χ0v) is 9.70. The lowest BCUT2D eigenvalue weighted by Crippen LogP contribution is -2.16. The summed E-state index contributed by atoms with van der Waals surface area (Å²) in [7, 11) is 0. The molecule has 0 saturated carbocycles. The highest BCUT2D eigenvalue weighted by Crippen LogP contribution is 2.01. The van der Waals surface area contributed by atoms with Crippen LogP contribution in [0.2, 0.25) is 0 Å². The minimum absolute atomic E-state index is 0.804. The molecule has 0 bridgehead atoms. The smallest absolute Gasteiger partial charge is 0.0223 e. The predicted molar refractivity (Wildman–Crippen MR) is 61.6 cm³/mol. The van der Waals surface area contributed by atoms with E-state index in [0.717, 1.165) is 18.8 Å². The van der Waals surface area contributed by atoms with Gasteiger partial charge in [0.15, 0.2) is 0 Å². The first-order valence-electron chi connectivity index (χ1n) is 5.68. The monoisotopic (exact) mass is 205 g/mol. The Balaban J connectivity index is 2.76. The van der Waals surface area contributed by atoms with Gasteiger partial charge in [0.1, 0.15) is 0 Å². The van der Waals surface area contributed by atoms with Gasteiger partial charge in [0, 0.05) is 5.88 Å². The van der Waals surface area contributed by atoms with Crippen LogP contribution in [0.4, 0.5) is 0 Å². The molecule has 1 nitrogen and oxygen atoms in total. The maximum absolute atomic E-state index is 5.57. The molecule has 0 aromatic rings. The van der Waals surface area contributed by atoms with E-state index >= 15 is 0 Å². The number of nitrogens with one attached hydrogen (secondary N) is 1. The Bertz CT molecular complexity index is 76.2. The summed E-state index contributed by atoms with van der Waals surface area (Å²) in [6, 6.07) is 0. The molecular formula is C11H24ClN. The SMILES string of the molecule is CCCCCCCNCCCCCl. The van der Waals surface area contributed by atoms with Gasteiger partial charge in [-0.05, 0) is 32.4 Å². The molecule has 0 saturated heterocycles. The van der Waals surface area contributed by atoms with E-state index in [1.807, 2.05) is 0 Å². The molecule has 1 N–H and O–H groups in total. The Labute approximate surface area is 88.2 Å². The van der Waals surface area contributed by atoms with Crippen molar-refractivity contribution in [1.82, 2.24) is 5.32 Å². The molecule has 0 atom stereocenters. The highest BCUT2D eigenvalue weighted by molar-refractivity contribution is 6.17. The van der Waals surface area contributed by atoms with Gasteiger partial charge >= 0.3 is 0 Å². The Morgan fingerprint density at radius 1 is 0.846 bits per heavy atom. The highest BCUT2D eigenvalue weighted by Gasteiger charge is 1.89. The fraction of sp³-hybridized carbons (Fsp3) is 1.00. The third kappa shape index (κ3) is 12.2. The van der Waals surface area contributed by atoms with Crippen molar-refractivity contribution in [2.75, 3.05) is 19.0 Å². The fourth-order valence-electron chi connectivity index (χ4n) is 1.32. The summed E-state index contributed by atoms with van der Waals surface area (Å²) in [6.07, 6.45) is 9.22. The van der Waals surface area contributed by atoms with Gasteiger partial charge in [-0.3, -0.25) is 0 Å². The molecule has 0 aliphatic heterocycles. The number of rotatable bonds is 10. The molecule has 0 aromatic carbocycles. The van der Waals surface area contributed by atoms with Crippen LogP contribution in [-0.4, -0.2) is 19.0 Å². The van der Waals surface area contributed by atoms with E-state index in [1.54, 1.807) is 0 Å². The van der Waals surface area contributed by atoms with Gasteiger partial charge in [0.2, 0.25) is 0 Å². The van der Waals surface area contributed by atoms with Crippen LogP contribution < -0.4 is 5.32 Å². The minimum atomic E-state index is 0.804. The lowest BCUT2D eigenvalue weighted by atomic mass is 10.1. The van der Waals surface area contributed by atoms with Crippen LogP contribution in [0.25, 0.3) is 0 Å². The number of hydrogen-bond donors (Lipinski definition) is 1. The van der Waals surface area contributed by atoms with Gasteiger partial charge in [-0.25, -0.2) is 0 Å².